The van der Waals surface area contributed by atoms with Gasteiger partial charge in [0.1, 0.15) is 5.82 Å². The second kappa shape index (κ2) is 5.79. The topological polar surface area (TPSA) is 12.0 Å². The highest BCUT2D eigenvalue weighted by Gasteiger charge is 2.02. The highest BCUT2D eigenvalue weighted by molar-refractivity contribution is 6.42. The predicted molar refractivity (Wildman–Crippen MR) is 75.2 cm³/mol. The van der Waals surface area contributed by atoms with Crippen molar-refractivity contribution in [3.05, 3.63) is 62.8 Å². The van der Waals surface area contributed by atoms with Crippen LogP contribution in [0.1, 0.15) is 5.56 Å². The molecular weight excluding hydrogens is 296 g/mol. The Kier molecular flexibility index (Phi) is 4.33. The average Bonchev–Trinajstić information content (AvgIpc) is 2.35. The van der Waals surface area contributed by atoms with E-state index in [0.717, 1.165) is 11.3 Å². The molecule has 0 aliphatic rings. The lowest BCUT2D eigenvalue weighted by Crippen LogP contribution is -1.99. The summed E-state index contributed by atoms with van der Waals surface area (Å²) in [6.07, 6.45) is 0. The van der Waals surface area contributed by atoms with Gasteiger partial charge in [0, 0.05) is 12.2 Å². The highest BCUT2D eigenvalue weighted by Crippen LogP contribution is 2.24. The zero-order valence-corrected chi connectivity index (χ0v) is 11.5. The summed E-state index contributed by atoms with van der Waals surface area (Å²) in [5.41, 5.74) is 1.72. The molecule has 0 saturated carbocycles. The second-order valence-corrected chi connectivity index (χ2v) is 4.95. The largest absolute Gasteiger partial charge is 0.381 e. The van der Waals surface area contributed by atoms with E-state index < -0.39 is 5.82 Å². The van der Waals surface area contributed by atoms with Crippen LogP contribution in [0.5, 0.6) is 0 Å². The Morgan fingerprint density at radius 1 is 0.889 bits per heavy atom. The third-order valence-electron chi connectivity index (χ3n) is 2.40. The van der Waals surface area contributed by atoms with E-state index >= 15 is 0 Å². The van der Waals surface area contributed by atoms with E-state index in [2.05, 4.69) is 5.32 Å². The molecule has 2 aromatic carbocycles. The van der Waals surface area contributed by atoms with Crippen LogP contribution in [0.25, 0.3) is 0 Å². The van der Waals surface area contributed by atoms with Crippen LogP contribution in [0.3, 0.4) is 0 Å². The number of rotatable bonds is 3. The van der Waals surface area contributed by atoms with E-state index in [9.17, 15) is 4.39 Å². The molecule has 0 atom stereocenters. The summed E-state index contributed by atoms with van der Waals surface area (Å²) in [7, 11) is 0. The molecule has 94 valence electrons. The van der Waals surface area contributed by atoms with Crippen molar-refractivity contribution in [3.8, 4) is 0 Å². The Hall–Kier alpha value is -0.960. The first-order valence-corrected chi connectivity index (χ1v) is 6.32. The smallest absolute Gasteiger partial charge is 0.141 e. The summed E-state index contributed by atoms with van der Waals surface area (Å²) in [5, 5.41) is 4.24. The minimum absolute atomic E-state index is 0.0918. The molecule has 0 aromatic heterocycles. The number of nitrogens with one attached hydrogen (secondary N) is 1. The van der Waals surface area contributed by atoms with Crippen molar-refractivity contribution in [1.29, 1.82) is 0 Å². The number of hydrogen-bond donors (Lipinski definition) is 1. The quantitative estimate of drug-likeness (QED) is 0.800. The third-order valence-corrected chi connectivity index (χ3v) is 3.43. The molecule has 0 spiro atoms. The Labute approximate surface area is 119 Å². The zero-order valence-electron chi connectivity index (χ0n) is 9.18. The van der Waals surface area contributed by atoms with Gasteiger partial charge in [-0.1, -0.05) is 40.9 Å². The summed E-state index contributed by atoms with van der Waals surface area (Å²) < 4.78 is 13.0. The molecule has 0 aliphatic heterocycles. The van der Waals surface area contributed by atoms with Crippen molar-refractivity contribution in [1.82, 2.24) is 0 Å². The van der Waals surface area contributed by atoms with Crippen molar-refractivity contribution >= 4 is 40.5 Å². The second-order valence-electron chi connectivity index (χ2n) is 3.73. The Morgan fingerprint density at radius 3 is 2.33 bits per heavy atom. The molecule has 0 heterocycles. The molecule has 0 saturated heterocycles. The highest BCUT2D eigenvalue weighted by atomic mass is 35.5. The van der Waals surface area contributed by atoms with Gasteiger partial charge in [-0.15, -0.1) is 0 Å². The summed E-state index contributed by atoms with van der Waals surface area (Å²) in [4.78, 5) is 0. The van der Waals surface area contributed by atoms with Gasteiger partial charge in [0.2, 0.25) is 0 Å². The summed E-state index contributed by atoms with van der Waals surface area (Å²) in [5.74, 6) is -0.434. The molecule has 0 unspecified atom stereocenters. The lowest BCUT2D eigenvalue weighted by molar-refractivity contribution is 0.628. The van der Waals surface area contributed by atoms with Gasteiger partial charge < -0.3 is 5.32 Å². The lowest BCUT2D eigenvalue weighted by atomic mass is 10.2. The van der Waals surface area contributed by atoms with Crippen molar-refractivity contribution in [2.75, 3.05) is 5.32 Å². The SMILES string of the molecule is Fc1ccc(NCc2ccc(Cl)c(Cl)c2)cc1Cl. The molecular formula is C13H9Cl3FN. The molecule has 0 amide bonds. The van der Waals surface area contributed by atoms with E-state index in [1.165, 1.54) is 12.1 Å². The summed E-state index contributed by atoms with van der Waals surface area (Å²) >= 11 is 17.4. The van der Waals surface area contributed by atoms with Crippen molar-refractivity contribution in [2.45, 2.75) is 6.54 Å². The van der Waals surface area contributed by atoms with Crippen LogP contribution in [-0.4, -0.2) is 0 Å². The van der Waals surface area contributed by atoms with E-state index in [4.69, 9.17) is 34.8 Å². The molecule has 18 heavy (non-hydrogen) atoms. The fourth-order valence-corrected chi connectivity index (χ4v) is 1.96. The first-order valence-electron chi connectivity index (χ1n) is 5.19. The average molecular weight is 305 g/mol. The van der Waals surface area contributed by atoms with E-state index in [1.54, 1.807) is 18.2 Å². The van der Waals surface area contributed by atoms with Crippen molar-refractivity contribution < 1.29 is 4.39 Å². The number of hydrogen-bond acceptors (Lipinski definition) is 1. The predicted octanol–water partition coefficient (Wildman–Crippen LogP) is 5.40. The summed E-state index contributed by atoms with van der Waals surface area (Å²) in [6.45, 7) is 0.554. The van der Waals surface area contributed by atoms with Crippen molar-refractivity contribution in [2.24, 2.45) is 0 Å². The van der Waals surface area contributed by atoms with Gasteiger partial charge in [0.05, 0.1) is 15.1 Å². The van der Waals surface area contributed by atoms with Crippen LogP contribution >= 0.6 is 34.8 Å². The van der Waals surface area contributed by atoms with Gasteiger partial charge in [0.25, 0.3) is 0 Å². The molecule has 0 aliphatic carbocycles. The standard InChI is InChI=1S/C13H9Cl3FN/c14-10-3-1-8(5-11(10)15)7-18-9-2-4-13(17)12(16)6-9/h1-6,18H,7H2. The van der Waals surface area contributed by atoms with Crippen LogP contribution in [-0.2, 0) is 6.54 Å². The molecule has 1 nitrogen and oxygen atoms in total. The minimum atomic E-state index is -0.434. The molecule has 5 heteroatoms. The monoisotopic (exact) mass is 303 g/mol. The van der Waals surface area contributed by atoms with Crippen LogP contribution in [0.15, 0.2) is 36.4 Å². The molecule has 2 aromatic rings. The van der Waals surface area contributed by atoms with Gasteiger partial charge in [-0.05, 0) is 35.9 Å². The maximum absolute atomic E-state index is 13.0. The number of benzene rings is 2. The van der Waals surface area contributed by atoms with Gasteiger partial charge in [-0.25, -0.2) is 4.39 Å². The van der Waals surface area contributed by atoms with Gasteiger partial charge in [0.15, 0.2) is 0 Å². The normalized spacial score (nSPS) is 10.4. The molecule has 2 rings (SSSR count). The Morgan fingerprint density at radius 2 is 1.67 bits per heavy atom. The van der Waals surface area contributed by atoms with E-state index in [-0.39, 0.29) is 5.02 Å². The van der Waals surface area contributed by atoms with Gasteiger partial charge in [-0.2, -0.15) is 0 Å². The fourth-order valence-electron chi connectivity index (χ4n) is 1.46. The Bertz CT molecular complexity index is 521. The first kappa shape index (κ1) is 13.5. The van der Waals surface area contributed by atoms with E-state index in [1.807, 2.05) is 6.07 Å². The third kappa shape index (κ3) is 3.29. The zero-order chi connectivity index (χ0) is 13.1. The van der Waals surface area contributed by atoms with Gasteiger partial charge in [-0.3, -0.25) is 0 Å². The van der Waals surface area contributed by atoms with Crippen LogP contribution in [0, 0.1) is 5.82 Å². The number of halogens is 4. The first-order chi connectivity index (χ1) is 8.56. The van der Waals surface area contributed by atoms with E-state index in [0.29, 0.717) is 16.6 Å². The Balaban J connectivity index is 2.06. The number of anilines is 1. The molecule has 0 radical (unpaired) electrons. The molecule has 1 N–H and O–H groups in total. The van der Waals surface area contributed by atoms with Crippen LogP contribution in [0.2, 0.25) is 15.1 Å². The molecule has 0 bridgehead atoms. The fraction of sp³-hybridized carbons (Fsp3) is 0.0769. The maximum atomic E-state index is 13.0. The van der Waals surface area contributed by atoms with Crippen LogP contribution in [0.4, 0.5) is 10.1 Å². The lowest BCUT2D eigenvalue weighted by Gasteiger charge is -2.08. The van der Waals surface area contributed by atoms with Crippen molar-refractivity contribution in [3.63, 3.8) is 0 Å². The van der Waals surface area contributed by atoms with Crippen LogP contribution < -0.4 is 5.32 Å². The van der Waals surface area contributed by atoms with Gasteiger partial charge >= 0.3 is 0 Å². The summed E-state index contributed by atoms with van der Waals surface area (Å²) in [6, 6.07) is 9.86. The maximum Gasteiger partial charge on any atom is 0.141 e. The minimum Gasteiger partial charge on any atom is -0.381 e. The molecule has 0 fully saturated rings.